The summed E-state index contributed by atoms with van der Waals surface area (Å²) in [6.45, 7) is 7.38. The third-order valence-corrected chi connectivity index (χ3v) is 5.49. The van der Waals surface area contributed by atoms with Crippen LogP contribution in [0.15, 0.2) is 43.0 Å². The Balaban J connectivity index is 2.32. The Labute approximate surface area is 141 Å². The van der Waals surface area contributed by atoms with Crippen molar-refractivity contribution in [1.29, 1.82) is 0 Å². The predicted octanol–water partition coefficient (Wildman–Crippen LogP) is 3.06. The third-order valence-electron chi connectivity index (χ3n) is 5.49. The summed E-state index contributed by atoms with van der Waals surface area (Å²) >= 11 is 0. The average molecular weight is 324 g/mol. The van der Waals surface area contributed by atoms with Crippen LogP contribution < -0.4 is 4.74 Å². The van der Waals surface area contributed by atoms with Crippen LogP contribution in [-0.4, -0.2) is 24.5 Å². The van der Waals surface area contributed by atoms with E-state index in [4.69, 9.17) is 4.74 Å². The fraction of sp³-hybridized carbons (Fsp3) is 0.350. The molecule has 0 bridgehead atoms. The van der Waals surface area contributed by atoms with Crippen molar-refractivity contribution in [2.75, 3.05) is 7.11 Å². The van der Waals surface area contributed by atoms with Crippen molar-refractivity contribution in [3.8, 4) is 5.75 Å². The molecule has 4 nitrogen and oxygen atoms in total. The fourth-order valence-corrected chi connectivity index (χ4v) is 4.22. The molecular weight excluding hydrogens is 304 g/mol. The number of allylic oxidation sites excluding steroid dienone is 3. The van der Waals surface area contributed by atoms with Crippen molar-refractivity contribution < 1.29 is 19.1 Å². The van der Waals surface area contributed by atoms with Crippen molar-refractivity contribution in [3.63, 3.8) is 0 Å². The molecule has 0 aliphatic heterocycles. The van der Waals surface area contributed by atoms with Gasteiger partial charge in [-0.3, -0.25) is 14.4 Å². The minimum atomic E-state index is -0.973. The van der Waals surface area contributed by atoms with Gasteiger partial charge in [-0.25, -0.2) is 0 Å². The summed E-state index contributed by atoms with van der Waals surface area (Å²) in [5, 5.41) is 0. The average Bonchev–Trinajstić information content (AvgIpc) is 2.56. The van der Waals surface area contributed by atoms with Crippen molar-refractivity contribution in [2.24, 2.45) is 11.3 Å². The van der Waals surface area contributed by atoms with Gasteiger partial charge in [-0.1, -0.05) is 26.0 Å². The molecule has 2 aliphatic rings. The minimum Gasteiger partial charge on any atom is -0.497 e. The smallest absolute Gasteiger partial charge is 0.229 e. The van der Waals surface area contributed by atoms with Crippen LogP contribution in [0, 0.1) is 11.3 Å². The highest BCUT2D eigenvalue weighted by molar-refractivity contribution is 6.46. The zero-order valence-corrected chi connectivity index (χ0v) is 14.1. The second-order valence-electron chi connectivity index (χ2n) is 6.93. The molecule has 3 atom stereocenters. The van der Waals surface area contributed by atoms with Gasteiger partial charge >= 0.3 is 0 Å². The van der Waals surface area contributed by atoms with Gasteiger partial charge in [0.15, 0.2) is 5.78 Å². The highest BCUT2D eigenvalue weighted by Crippen LogP contribution is 2.53. The first-order valence-corrected chi connectivity index (χ1v) is 7.91. The molecule has 2 aliphatic carbocycles. The number of rotatable bonds is 3. The van der Waals surface area contributed by atoms with Gasteiger partial charge in [0, 0.05) is 16.4 Å². The normalized spacial score (nSPS) is 31.5. The van der Waals surface area contributed by atoms with Crippen LogP contribution in [-0.2, 0) is 15.0 Å². The zero-order chi connectivity index (χ0) is 17.7. The second-order valence-corrected chi connectivity index (χ2v) is 6.93. The van der Waals surface area contributed by atoms with Crippen molar-refractivity contribution >= 4 is 17.3 Å². The van der Waals surface area contributed by atoms with E-state index in [-0.39, 0.29) is 5.78 Å². The SMILES string of the molecule is C=CC[C@@]1(C)C(=O)C=C[C@@]2(C)c3cc(OC)ccc3C(=O)C(=O)C12. The molecule has 1 aromatic carbocycles. The van der Waals surface area contributed by atoms with Crippen molar-refractivity contribution in [3.05, 3.63) is 54.1 Å². The van der Waals surface area contributed by atoms with E-state index in [0.29, 0.717) is 17.7 Å². The maximum absolute atomic E-state index is 12.9. The first-order chi connectivity index (χ1) is 11.3. The summed E-state index contributed by atoms with van der Waals surface area (Å²) in [6.07, 6.45) is 5.27. The lowest BCUT2D eigenvalue weighted by molar-refractivity contribution is -0.137. The number of ketones is 3. The van der Waals surface area contributed by atoms with Gasteiger partial charge in [0.2, 0.25) is 11.6 Å². The number of carbonyl (C=O) groups excluding carboxylic acids is 3. The number of fused-ring (bicyclic) bond motifs is 3. The Kier molecular flexibility index (Phi) is 3.59. The number of carbonyl (C=O) groups is 3. The van der Waals surface area contributed by atoms with E-state index in [2.05, 4.69) is 6.58 Å². The molecule has 0 radical (unpaired) electrons. The van der Waals surface area contributed by atoms with E-state index in [9.17, 15) is 14.4 Å². The predicted molar refractivity (Wildman–Crippen MR) is 90.2 cm³/mol. The highest BCUT2D eigenvalue weighted by atomic mass is 16.5. The molecule has 0 aromatic heterocycles. The monoisotopic (exact) mass is 324 g/mol. The molecule has 1 unspecified atom stereocenters. The zero-order valence-electron chi connectivity index (χ0n) is 14.1. The number of benzene rings is 1. The van der Waals surface area contributed by atoms with Crippen molar-refractivity contribution in [1.82, 2.24) is 0 Å². The summed E-state index contributed by atoms with van der Waals surface area (Å²) < 4.78 is 5.28. The van der Waals surface area contributed by atoms with Gasteiger partial charge in [0.05, 0.1) is 13.0 Å². The Morgan fingerprint density at radius 1 is 1.25 bits per heavy atom. The summed E-state index contributed by atoms with van der Waals surface area (Å²) in [6, 6.07) is 5.10. The second kappa shape index (κ2) is 5.26. The molecule has 124 valence electrons. The Hall–Kier alpha value is -2.49. The van der Waals surface area contributed by atoms with E-state index in [1.807, 2.05) is 6.92 Å². The maximum Gasteiger partial charge on any atom is 0.229 e. The first-order valence-electron chi connectivity index (χ1n) is 7.91. The molecule has 0 amide bonds. The summed E-state index contributed by atoms with van der Waals surface area (Å²) in [5.74, 6) is -1.30. The van der Waals surface area contributed by atoms with Crippen LogP contribution in [0.4, 0.5) is 0 Å². The molecule has 0 N–H and O–H groups in total. The standard InChI is InChI=1S/C20H20O4/c1-5-9-20(3)15(21)8-10-19(2)14-11-12(24-4)6-7-13(14)16(22)17(23)18(19)20/h5-8,10-11,18H,1,9H2,2-4H3/t18?,19-,20-/m0/s1. The Morgan fingerprint density at radius 2 is 1.96 bits per heavy atom. The molecule has 0 saturated heterocycles. The molecular formula is C20H20O4. The lowest BCUT2D eigenvalue weighted by atomic mass is 9.50. The van der Waals surface area contributed by atoms with E-state index < -0.39 is 28.3 Å². The van der Waals surface area contributed by atoms with E-state index in [1.54, 1.807) is 44.4 Å². The van der Waals surface area contributed by atoms with Gasteiger partial charge in [-0.15, -0.1) is 6.58 Å². The fourth-order valence-electron chi connectivity index (χ4n) is 4.22. The minimum absolute atomic E-state index is 0.141. The number of methoxy groups -OCH3 is 1. The lowest BCUT2D eigenvalue weighted by Crippen LogP contribution is -2.56. The van der Waals surface area contributed by atoms with Crippen molar-refractivity contribution in [2.45, 2.75) is 25.7 Å². The molecule has 0 spiro atoms. The van der Waals surface area contributed by atoms with Crippen LogP contribution in [0.5, 0.6) is 5.75 Å². The van der Waals surface area contributed by atoms with Crippen LogP contribution in [0.2, 0.25) is 0 Å². The quantitative estimate of drug-likeness (QED) is 0.633. The lowest BCUT2D eigenvalue weighted by Gasteiger charge is -2.49. The van der Waals surface area contributed by atoms with Crippen LogP contribution in [0.3, 0.4) is 0 Å². The van der Waals surface area contributed by atoms with Gasteiger partial charge in [0.1, 0.15) is 5.75 Å². The number of Topliss-reactive ketones (excluding diaryl/α,β-unsaturated/α-hetero) is 2. The van der Waals surface area contributed by atoms with Gasteiger partial charge in [-0.2, -0.15) is 0 Å². The molecule has 24 heavy (non-hydrogen) atoms. The van der Waals surface area contributed by atoms with Gasteiger partial charge in [0.25, 0.3) is 0 Å². The van der Waals surface area contributed by atoms with Crippen LogP contribution in [0.25, 0.3) is 0 Å². The third kappa shape index (κ3) is 1.95. The summed E-state index contributed by atoms with van der Waals surface area (Å²) in [7, 11) is 1.55. The Morgan fingerprint density at radius 3 is 2.58 bits per heavy atom. The summed E-state index contributed by atoms with van der Waals surface area (Å²) in [5.41, 5.74) is -0.589. The topological polar surface area (TPSA) is 60.4 Å². The van der Waals surface area contributed by atoms with Gasteiger partial charge in [-0.05, 0) is 36.3 Å². The molecule has 4 heteroatoms. The summed E-state index contributed by atoms with van der Waals surface area (Å²) in [4.78, 5) is 38.1. The molecule has 3 rings (SSSR count). The Bertz CT molecular complexity index is 804. The van der Waals surface area contributed by atoms with Crippen LogP contribution >= 0.6 is 0 Å². The van der Waals surface area contributed by atoms with E-state index in [1.165, 1.54) is 6.08 Å². The van der Waals surface area contributed by atoms with Gasteiger partial charge < -0.3 is 4.74 Å². The molecule has 1 aromatic rings. The van der Waals surface area contributed by atoms with Crippen LogP contribution in [0.1, 0.15) is 36.2 Å². The number of ether oxygens (including phenoxy) is 1. The maximum atomic E-state index is 12.9. The number of hydrogen-bond donors (Lipinski definition) is 0. The highest BCUT2D eigenvalue weighted by Gasteiger charge is 2.59. The molecule has 0 saturated carbocycles. The molecule has 0 heterocycles. The number of hydrogen-bond acceptors (Lipinski definition) is 4. The first kappa shape index (κ1) is 16.4. The molecule has 0 fully saturated rings. The van der Waals surface area contributed by atoms with E-state index in [0.717, 1.165) is 5.56 Å². The largest absolute Gasteiger partial charge is 0.497 e. The van der Waals surface area contributed by atoms with E-state index >= 15 is 0 Å².